The van der Waals surface area contributed by atoms with E-state index in [0.29, 0.717) is 24.3 Å². The van der Waals surface area contributed by atoms with Crippen LogP contribution < -0.4 is 0 Å². The van der Waals surface area contributed by atoms with E-state index in [4.69, 9.17) is 11.6 Å². The Morgan fingerprint density at radius 3 is 2.62 bits per heavy atom. The van der Waals surface area contributed by atoms with Crippen LogP contribution in [0.3, 0.4) is 0 Å². The van der Waals surface area contributed by atoms with Crippen LogP contribution in [0.25, 0.3) is 0 Å². The summed E-state index contributed by atoms with van der Waals surface area (Å²) in [5.41, 5.74) is 1.04. The summed E-state index contributed by atoms with van der Waals surface area (Å²) in [5.74, 6) is 1.64. The third-order valence-electron chi connectivity index (χ3n) is 4.57. The quantitative estimate of drug-likeness (QED) is 0.854. The Labute approximate surface area is 131 Å². The zero-order chi connectivity index (χ0) is 15.0. The summed E-state index contributed by atoms with van der Waals surface area (Å²) in [7, 11) is 0. The summed E-state index contributed by atoms with van der Waals surface area (Å²) in [5, 5.41) is 0.717. The molecule has 2 aliphatic heterocycles. The minimum absolute atomic E-state index is 0.246. The Bertz CT molecular complexity index is 514. The molecular weight excluding hydrogens is 284 g/mol. The highest BCUT2D eigenvalue weighted by Crippen LogP contribution is 2.33. The molecule has 3 nitrogen and oxygen atoms in total. The van der Waals surface area contributed by atoms with E-state index in [2.05, 4.69) is 18.7 Å². The fourth-order valence-corrected chi connectivity index (χ4v) is 3.64. The van der Waals surface area contributed by atoms with Crippen molar-refractivity contribution in [1.29, 1.82) is 0 Å². The Kier molecular flexibility index (Phi) is 4.23. The maximum Gasteiger partial charge on any atom is 0.227 e. The molecule has 21 heavy (non-hydrogen) atoms. The van der Waals surface area contributed by atoms with Crippen molar-refractivity contribution in [1.82, 2.24) is 9.80 Å². The van der Waals surface area contributed by atoms with Gasteiger partial charge in [0.1, 0.15) is 0 Å². The van der Waals surface area contributed by atoms with Gasteiger partial charge in [-0.1, -0.05) is 37.6 Å². The van der Waals surface area contributed by atoms with E-state index >= 15 is 0 Å². The lowest BCUT2D eigenvalue weighted by Crippen LogP contribution is -2.56. The lowest BCUT2D eigenvalue weighted by Gasteiger charge is -2.44. The monoisotopic (exact) mass is 306 g/mol. The van der Waals surface area contributed by atoms with Gasteiger partial charge < -0.3 is 4.90 Å². The molecule has 2 unspecified atom stereocenters. The SMILES string of the molecule is CC(C)CN1CC2CN(C(=O)Cc3ccc(Cl)cc3)CC21. The molecule has 1 aromatic carbocycles. The lowest BCUT2D eigenvalue weighted by atomic mass is 9.91. The highest BCUT2D eigenvalue weighted by molar-refractivity contribution is 6.30. The van der Waals surface area contributed by atoms with Gasteiger partial charge in [-0.25, -0.2) is 0 Å². The standard InChI is InChI=1S/C17H23ClN2O/c1-12(2)8-19-9-14-10-20(11-16(14)19)17(21)7-13-3-5-15(18)6-4-13/h3-6,12,14,16H,7-11H2,1-2H3. The van der Waals surface area contributed by atoms with Crippen LogP contribution in [0.1, 0.15) is 19.4 Å². The van der Waals surface area contributed by atoms with Crippen molar-refractivity contribution in [3.05, 3.63) is 34.9 Å². The third-order valence-corrected chi connectivity index (χ3v) is 4.82. The predicted molar refractivity (Wildman–Crippen MR) is 85.4 cm³/mol. The number of fused-ring (bicyclic) bond motifs is 1. The molecule has 0 aliphatic carbocycles. The van der Waals surface area contributed by atoms with Gasteiger partial charge in [0, 0.05) is 43.2 Å². The Balaban J connectivity index is 1.54. The average molecular weight is 307 g/mol. The van der Waals surface area contributed by atoms with Gasteiger partial charge >= 0.3 is 0 Å². The summed E-state index contributed by atoms with van der Waals surface area (Å²) in [6.07, 6.45) is 0.487. The smallest absolute Gasteiger partial charge is 0.227 e. The van der Waals surface area contributed by atoms with Crippen molar-refractivity contribution in [3.8, 4) is 0 Å². The van der Waals surface area contributed by atoms with E-state index in [-0.39, 0.29) is 5.91 Å². The van der Waals surface area contributed by atoms with Gasteiger partial charge in [0.15, 0.2) is 0 Å². The number of benzene rings is 1. The molecule has 3 rings (SSSR count). The molecule has 1 amide bonds. The second kappa shape index (κ2) is 5.98. The molecule has 4 heteroatoms. The predicted octanol–water partition coefficient (Wildman–Crippen LogP) is 2.68. The van der Waals surface area contributed by atoms with Crippen LogP contribution in [-0.4, -0.2) is 47.9 Å². The Hall–Kier alpha value is -1.06. The second-order valence-corrected chi connectivity index (χ2v) is 7.21. The molecule has 0 aromatic heterocycles. The molecule has 2 atom stereocenters. The van der Waals surface area contributed by atoms with Gasteiger partial charge in [0.25, 0.3) is 0 Å². The number of halogens is 1. The minimum Gasteiger partial charge on any atom is -0.340 e. The molecule has 0 spiro atoms. The zero-order valence-corrected chi connectivity index (χ0v) is 13.5. The van der Waals surface area contributed by atoms with Crippen molar-refractivity contribution in [2.24, 2.45) is 11.8 Å². The maximum absolute atomic E-state index is 12.4. The van der Waals surface area contributed by atoms with E-state index in [9.17, 15) is 4.79 Å². The van der Waals surface area contributed by atoms with Crippen molar-refractivity contribution < 1.29 is 4.79 Å². The number of carbonyl (C=O) groups excluding carboxylic acids is 1. The molecule has 2 aliphatic rings. The molecule has 114 valence electrons. The number of hydrogen-bond acceptors (Lipinski definition) is 2. The van der Waals surface area contributed by atoms with E-state index in [0.717, 1.165) is 36.8 Å². The van der Waals surface area contributed by atoms with Crippen LogP contribution in [0.4, 0.5) is 0 Å². The zero-order valence-electron chi connectivity index (χ0n) is 12.8. The van der Waals surface area contributed by atoms with Crippen molar-refractivity contribution in [2.75, 3.05) is 26.2 Å². The summed E-state index contributed by atoms with van der Waals surface area (Å²) in [6, 6.07) is 8.18. The number of likely N-dealkylation sites (tertiary alicyclic amines) is 2. The van der Waals surface area contributed by atoms with E-state index in [1.807, 2.05) is 29.2 Å². The van der Waals surface area contributed by atoms with Crippen LogP contribution in [0.2, 0.25) is 5.02 Å². The topological polar surface area (TPSA) is 23.6 Å². The first-order valence-corrected chi connectivity index (χ1v) is 8.17. The van der Waals surface area contributed by atoms with Crippen molar-refractivity contribution >= 4 is 17.5 Å². The highest BCUT2D eigenvalue weighted by atomic mass is 35.5. The average Bonchev–Trinajstić information content (AvgIpc) is 2.76. The fraction of sp³-hybridized carbons (Fsp3) is 0.588. The first-order chi connectivity index (χ1) is 10.0. The van der Waals surface area contributed by atoms with Crippen molar-refractivity contribution in [3.63, 3.8) is 0 Å². The first kappa shape index (κ1) is 14.9. The normalized spacial score (nSPS) is 25.0. The third kappa shape index (κ3) is 3.24. The van der Waals surface area contributed by atoms with Gasteiger partial charge in [-0.2, -0.15) is 0 Å². The molecule has 2 saturated heterocycles. The van der Waals surface area contributed by atoms with Crippen LogP contribution >= 0.6 is 11.6 Å². The first-order valence-electron chi connectivity index (χ1n) is 7.79. The van der Waals surface area contributed by atoms with Crippen LogP contribution in [0, 0.1) is 11.8 Å². The van der Waals surface area contributed by atoms with E-state index in [1.54, 1.807) is 0 Å². The number of nitrogens with zero attached hydrogens (tertiary/aromatic N) is 2. The highest BCUT2D eigenvalue weighted by Gasteiger charge is 2.46. The second-order valence-electron chi connectivity index (χ2n) is 6.78. The Morgan fingerprint density at radius 1 is 1.24 bits per heavy atom. The fourth-order valence-electron chi connectivity index (χ4n) is 3.52. The number of amides is 1. The van der Waals surface area contributed by atoms with E-state index < -0.39 is 0 Å². The van der Waals surface area contributed by atoms with E-state index in [1.165, 1.54) is 0 Å². The largest absolute Gasteiger partial charge is 0.340 e. The van der Waals surface area contributed by atoms with Gasteiger partial charge in [-0.05, 0) is 23.6 Å². The summed E-state index contributed by atoms with van der Waals surface area (Å²) in [4.78, 5) is 17.0. The molecular formula is C17H23ClN2O. The Morgan fingerprint density at radius 2 is 1.95 bits per heavy atom. The molecule has 0 bridgehead atoms. The molecule has 0 saturated carbocycles. The molecule has 0 N–H and O–H groups in total. The molecule has 2 heterocycles. The van der Waals surface area contributed by atoms with Crippen molar-refractivity contribution in [2.45, 2.75) is 26.3 Å². The van der Waals surface area contributed by atoms with Crippen LogP contribution in [-0.2, 0) is 11.2 Å². The number of carbonyl (C=O) groups is 1. The number of hydrogen-bond donors (Lipinski definition) is 0. The van der Waals surface area contributed by atoms with Crippen LogP contribution in [0.5, 0.6) is 0 Å². The summed E-state index contributed by atoms with van der Waals surface area (Å²) >= 11 is 5.88. The van der Waals surface area contributed by atoms with Gasteiger partial charge in [-0.3, -0.25) is 9.69 Å². The van der Waals surface area contributed by atoms with Crippen LogP contribution in [0.15, 0.2) is 24.3 Å². The lowest BCUT2D eigenvalue weighted by molar-refractivity contribution is -0.129. The summed E-state index contributed by atoms with van der Waals surface area (Å²) < 4.78 is 0. The van der Waals surface area contributed by atoms with Gasteiger partial charge in [0.2, 0.25) is 5.91 Å². The molecule has 2 fully saturated rings. The minimum atomic E-state index is 0.246. The molecule has 0 radical (unpaired) electrons. The van der Waals surface area contributed by atoms with Gasteiger partial charge in [0.05, 0.1) is 6.42 Å². The summed E-state index contributed by atoms with van der Waals surface area (Å²) in [6.45, 7) is 8.67. The van der Waals surface area contributed by atoms with Gasteiger partial charge in [-0.15, -0.1) is 0 Å². The number of rotatable bonds is 4. The molecule has 1 aromatic rings. The maximum atomic E-state index is 12.4.